The molecule has 1 heterocycles. The Labute approximate surface area is 118 Å². The number of rotatable bonds is 4. The van der Waals surface area contributed by atoms with Crippen molar-refractivity contribution in [2.45, 2.75) is 52.0 Å². The second-order valence-corrected chi connectivity index (χ2v) is 5.63. The van der Waals surface area contributed by atoms with Crippen molar-refractivity contribution < 1.29 is 19.1 Å². The van der Waals surface area contributed by atoms with Gasteiger partial charge < -0.3 is 14.8 Å². The molecule has 110 valence electrons. The Balaban J connectivity index is 2.12. The zero-order valence-electron chi connectivity index (χ0n) is 11.9. The maximum Gasteiger partial charge on any atom is 0.311 e. The van der Waals surface area contributed by atoms with Crippen LogP contribution in [-0.4, -0.2) is 23.0 Å². The fourth-order valence-electron chi connectivity index (χ4n) is 2.84. The topological polar surface area (TPSA) is 79.5 Å². The number of hydrogen-bond donors (Lipinski definition) is 2. The van der Waals surface area contributed by atoms with E-state index in [0.29, 0.717) is 17.0 Å². The molecule has 0 radical (unpaired) electrons. The number of carbonyl (C=O) groups is 2. The van der Waals surface area contributed by atoms with Gasteiger partial charge in [-0.1, -0.05) is 19.8 Å². The first-order valence-electron chi connectivity index (χ1n) is 7.08. The van der Waals surface area contributed by atoms with Gasteiger partial charge in [0.1, 0.15) is 12.2 Å². The molecule has 0 saturated heterocycles. The van der Waals surface area contributed by atoms with Gasteiger partial charge in [-0.25, -0.2) is 0 Å². The van der Waals surface area contributed by atoms with Gasteiger partial charge in [0.05, 0.1) is 11.8 Å². The third kappa shape index (κ3) is 3.21. The Morgan fingerprint density at radius 1 is 1.40 bits per heavy atom. The molecule has 2 rings (SSSR count). The average molecular weight is 279 g/mol. The van der Waals surface area contributed by atoms with Gasteiger partial charge in [-0.3, -0.25) is 9.59 Å². The summed E-state index contributed by atoms with van der Waals surface area (Å²) in [5.41, 5.74) is 1.06. The molecule has 0 spiro atoms. The summed E-state index contributed by atoms with van der Waals surface area (Å²) in [5, 5.41) is 11.9. The van der Waals surface area contributed by atoms with Crippen LogP contribution in [0.5, 0.6) is 0 Å². The SMILES string of the molecule is Cc1coc(CC(=O)O)c1C(=O)NC1CCCCC1C. The molecule has 5 nitrogen and oxygen atoms in total. The number of amides is 1. The highest BCUT2D eigenvalue weighted by atomic mass is 16.4. The summed E-state index contributed by atoms with van der Waals surface area (Å²) in [5.74, 6) is -0.524. The molecule has 1 amide bonds. The summed E-state index contributed by atoms with van der Waals surface area (Å²) in [6, 6.07) is 0.170. The zero-order chi connectivity index (χ0) is 14.7. The van der Waals surface area contributed by atoms with E-state index in [1.54, 1.807) is 6.92 Å². The van der Waals surface area contributed by atoms with Gasteiger partial charge >= 0.3 is 5.97 Å². The molecule has 5 heteroatoms. The van der Waals surface area contributed by atoms with Gasteiger partial charge in [-0.15, -0.1) is 0 Å². The maximum atomic E-state index is 12.4. The van der Waals surface area contributed by atoms with E-state index in [2.05, 4.69) is 12.2 Å². The van der Waals surface area contributed by atoms with Crippen LogP contribution in [0.4, 0.5) is 0 Å². The van der Waals surface area contributed by atoms with Gasteiger partial charge in [-0.05, 0) is 25.7 Å². The lowest BCUT2D eigenvalue weighted by molar-refractivity contribution is -0.136. The van der Waals surface area contributed by atoms with Crippen LogP contribution in [-0.2, 0) is 11.2 Å². The summed E-state index contributed by atoms with van der Waals surface area (Å²) < 4.78 is 5.20. The van der Waals surface area contributed by atoms with Crippen molar-refractivity contribution in [2.24, 2.45) is 5.92 Å². The number of hydrogen-bond acceptors (Lipinski definition) is 3. The van der Waals surface area contributed by atoms with E-state index in [0.717, 1.165) is 19.3 Å². The van der Waals surface area contributed by atoms with Crippen LogP contribution in [0.25, 0.3) is 0 Å². The average Bonchev–Trinajstić information content (AvgIpc) is 2.72. The fraction of sp³-hybridized carbons (Fsp3) is 0.600. The molecule has 20 heavy (non-hydrogen) atoms. The van der Waals surface area contributed by atoms with Crippen molar-refractivity contribution in [1.82, 2.24) is 5.32 Å². The predicted molar refractivity (Wildman–Crippen MR) is 73.7 cm³/mol. The highest BCUT2D eigenvalue weighted by Gasteiger charge is 2.26. The maximum absolute atomic E-state index is 12.4. The molecule has 0 aromatic carbocycles. The van der Waals surface area contributed by atoms with Gasteiger partial charge in [0, 0.05) is 11.6 Å². The zero-order valence-corrected chi connectivity index (χ0v) is 11.9. The van der Waals surface area contributed by atoms with E-state index in [-0.39, 0.29) is 24.1 Å². The lowest BCUT2D eigenvalue weighted by Crippen LogP contribution is -2.41. The highest BCUT2D eigenvalue weighted by Crippen LogP contribution is 2.25. The van der Waals surface area contributed by atoms with Crippen molar-refractivity contribution in [3.8, 4) is 0 Å². The minimum absolute atomic E-state index is 0.170. The molecular weight excluding hydrogens is 258 g/mol. The van der Waals surface area contributed by atoms with Crippen molar-refractivity contribution >= 4 is 11.9 Å². The molecule has 0 bridgehead atoms. The number of furan rings is 1. The molecule has 2 unspecified atom stereocenters. The smallest absolute Gasteiger partial charge is 0.311 e. The Kier molecular flexibility index (Phi) is 4.47. The molecule has 1 aliphatic carbocycles. The second kappa shape index (κ2) is 6.11. The van der Waals surface area contributed by atoms with E-state index in [1.165, 1.54) is 12.7 Å². The fourth-order valence-corrected chi connectivity index (χ4v) is 2.84. The van der Waals surface area contributed by atoms with Crippen LogP contribution in [0.2, 0.25) is 0 Å². The van der Waals surface area contributed by atoms with E-state index in [9.17, 15) is 9.59 Å². The van der Waals surface area contributed by atoms with Crippen LogP contribution in [0.1, 0.15) is 54.3 Å². The third-order valence-electron chi connectivity index (χ3n) is 4.02. The highest BCUT2D eigenvalue weighted by molar-refractivity contribution is 5.97. The Morgan fingerprint density at radius 2 is 2.10 bits per heavy atom. The molecule has 2 atom stereocenters. The van der Waals surface area contributed by atoms with Gasteiger partial charge in [0.2, 0.25) is 0 Å². The molecule has 1 fully saturated rings. The van der Waals surface area contributed by atoms with E-state index in [4.69, 9.17) is 9.52 Å². The lowest BCUT2D eigenvalue weighted by atomic mass is 9.86. The summed E-state index contributed by atoms with van der Waals surface area (Å²) in [7, 11) is 0. The van der Waals surface area contributed by atoms with Crippen molar-refractivity contribution in [2.75, 3.05) is 0 Å². The van der Waals surface area contributed by atoms with Crippen molar-refractivity contribution in [3.63, 3.8) is 0 Å². The van der Waals surface area contributed by atoms with Crippen molar-refractivity contribution in [3.05, 3.63) is 23.2 Å². The molecule has 0 aliphatic heterocycles. The van der Waals surface area contributed by atoms with Crippen LogP contribution >= 0.6 is 0 Å². The van der Waals surface area contributed by atoms with Crippen LogP contribution < -0.4 is 5.32 Å². The van der Waals surface area contributed by atoms with Gasteiger partial charge in [0.25, 0.3) is 5.91 Å². The predicted octanol–water partition coefficient (Wildman–Crippen LogP) is 2.52. The first kappa shape index (κ1) is 14.6. The molecule has 1 aromatic rings. The summed E-state index contributed by atoms with van der Waals surface area (Å²) >= 11 is 0. The standard InChI is InChI=1S/C15H21NO4/c1-9-5-3-4-6-11(9)16-15(19)14-10(2)8-20-12(14)7-13(17)18/h8-9,11H,3-7H2,1-2H3,(H,16,19)(H,17,18). The summed E-state index contributed by atoms with van der Waals surface area (Å²) in [4.78, 5) is 23.2. The first-order valence-corrected chi connectivity index (χ1v) is 7.08. The molecule has 1 saturated carbocycles. The van der Waals surface area contributed by atoms with Crippen molar-refractivity contribution in [1.29, 1.82) is 0 Å². The molecule has 1 aliphatic rings. The second-order valence-electron chi connectivity index (χ2n) is 5.63. The van der Waals surface area contributed by atoms with Gasteiger partial charge in [-0.2, -0.15) is 0 Å². The third-order valence-corrected chi connectivity index (χ3v) is 4.02. The Morgan fingerprint density at radius 3 is 2.75 bits per heavy atom. The summed E-state index contributed by atoms with van der Waals surface area (Å²) in [6.45, 7) is 3.90. The van der Waals surface area contributed by atoms with E-state index in [1.807, 2.05) is 0 Å². The largest absolute Gasteiger partial charge is 0.481 e. The number of aliphatic carboxylic acids is 1. The number of carboxylic acid groups (broad SMARTS) is 1. The minimum Gasteiger partial charge on any atom is -0.481 e. The first-order chi connectivity index (χ1) is 9.49. The Bertz CT molecular complexity index is 506. The Hall–Kier alpha value is -1.78. The van der Waals surface area contributed by atoms with Crippen LogP contribution in [0.15, 0.2) is 10.7 Å². The number of aryl methyl sites for hydroxylation is 1. The quantitative estimate of drug-likeness (QED) is 0.887. The number of carboxylic acids is 1. The molecular formula is C15H21NO4. The number of nitrogens with one attached hydrogen (secondary N) is 1. The van der Waals surface area contributed by atoms with E-state index >= 15 is 0 Å². The van der Waals surface area contributed by atoms with E-state index < -0.39 is 5.97 Å². The number of carbonyl (C=O) groups excluding carboxylic acids is 1. The van der Waals surface area contributed by atoms with Crippen LogP contribution in [0, 0.1) is 12.8 Å². The van der Waals surface area contributed by atoms with Crippen LogP contribution in [0.3, 0.4) is 0 Å². The molecule has 1 aromatic heterocycles. The monoisotopic (exact) mass is 279 g/mol. The lowest BCUT2D eigenvalue weighted by Gasteiger charge is -2.29. The normalized spacial score (nSPS) is 22.5. The summed E-state index contributed by atoms with van der Waals surface area (Å²) in [6.07, 6.45) is 5.62. The minimum atomic E-state index is -1.00. The van der Waals surface area contributed by atoms with Gasteiger partial charge in [0.15, 0.2) is 0 Å². The molecule has 2 N–H and O–H groups in total.